The van der Waals surface area contributed by atoms with Gasteiger partial charge in [0.2, 0.25) is 0 Å². The molecule has 4 nitrogen and oxygen atoms in total. The van der Waals surface area contributed by atoms with Crippen molar-refractivity contribution in [1.82, 2.24) is 9.97 Å². The molecule has 5 heteroatoms. The Balaban J connectivity index is 0.00000267. The van der Waals surface area contributed by atoms with E-state index in [1.54, 1.807) is 0 Å². The maximum atomic E-state index is 5.02. The molecule has 0 aliphatic carbocycles. The lowest BCUT2D eigenvalue weighted by atomic mass is 9.98. The van der Waals surface area contributed by atoms with Gasteiger partial charge in [-0.2, -0.15) is 0 Å². The lowest BCUT2D eigenvalue weighted by Crippen LogP contribution is -2.30. The van der Waals surface area contributed by atoms with Gasteiger partial charge in [-0.3, -0.25) is 0 Å². The molecule has 2 fully saturated rings. The quantitative estimate of drug-likeness (QED) is 0.292. The summed E-state index contributed by atoms with van der Waals surface area (Å²) in [5, 5.41) is 2.54. The molecule has 36 heavy (non-hydrogen) atoms. The highest BCUT2D eigenvalue weighted by Crippen LogP contribution is 2.28. The first-order valence-electron chi connectivity index (χ1n) is 13.4. The second kappa shape index (κ2) is 10.6. The van der Waals surface area contributed by atoms with Gasteiger partial charge in [-0.25, -0.2) is 9.97 Å². The third-order valence-electron chi connectivity index (χ3n) is 7.90. The molecule has 0 N–H and O–H groups in total. The van der Waals surface area contributed by atoms with E-state index in [9.17, 15) is 0 Å². The van der Waals surface area contributed by atoms with Crippen LogP contribution in [0.3, 0.4) is 0 Å². The lowest BCUT2D eigenvalue weighted by molar-refractivity contribution is 0.574. The van der Waals surface area contributed by atoms with E-state index in [4.69, 9.17) is 9.97 Å². The van der Waals surface area contributed by atoms with Crippen molar-refractivity contribution < 1.29 is 0 Å². The zero-order valence-corrected chi connectivity index (χ0v) is 22.4. The molecule has 188 valence electrons. The number of hydrogen-bond donors (Lipinski definition) is 0. The molecule has 4 aromatic rings. The minimum absolute atomic E-state index is 0. The Morgan fingerprint density at radius 3 is 1.42 bits per heavy atom. The summed E-state index contributed by atoms with van der Waals surface area (Å²) in [5.74, 6) is 2.28. The number of aryl methyl sites for hydroxylation is 2. The van der Waals surface area contributed by atoms with Gasteiger partial charge >= 0.3 is 0 Å². The minimum atomic E-state index is 0. The van der Waals surface area contributed by atoms with E-state index in [1.807, 2.05) is 0 Å². The van der Waals surface area contributed by atoms with Crippen molar-refractivity contribution in [1.29, 1.82) is 0 Å². The van der Waals surface area contributed by atoms with Crippen LogP contribution in [0.5, 0.6) is 0 Å². The molecule has 0 amide bonds. The fourth-order valence-corrected chi connectivity index (χ4v) is 5.87. The summed E-state index contributed by atoms with van der Waals surface area (Å²) in [6, 6.07) is 18.2. The summed E-state index contributed by atoms with van der Waals surface area (Å²) in [4.78, 5) is 14.9. The number of anilines is 2. The molecule has 0 radical (unpaired) electrons. The van der Waals surface area contributed by atoms with Crippen molar-refractivity contribution in [3.05, 3.63) is 70.8 Å². The fraction of sp³-hybridized carbons (Fsp3) is 0.419. The monoisotopic (exact) mass is 500 g/mol. The van der Waals surface area contributed by atoms with E-state index in [0.29, 0.717) is 0 Å². The normalized spacial score (nSPS) is 16.4. The molecular formula is C31H37ClN4. The number of pyridine rings is 2. The summed E-state index contributed by atoms with van der Waals surface area (Å²) in [6.07, 6.45) is 8.71. The molecule has 0 atom stereocenters. The molecule has 2 saturated heterocycles. The number of rotatable bonds is 4. The third-order valence-corrected chi connectivity index (χ3v) is 7.90. The minimum Gasteiger partial charge on any atom is -0.357 e. The van der Waals surface area contributed by atoms with Crippen molar-refractivity contribution >= 4 is 45.8 Å². The zero-order chi connectivity index (χ0) is 23.8. The number of fused-ring (bicyclic) bond motifs is 2. The molecule has 2 aliphatic heterocycles. The maximum Gasteiger partial charge on any atom is 0.129 e. The van der Waals surface area contributed by atoms with Gasteiger partial charge < -0.3 is 9.80 Å². The first-order chi connectivity index (χ1) is 17.1. The van der Waals surface area contributed by atoms with Gasteiger partial charge in [0.15, 0.2) is 0 Å². The topological polar surface area (TPSA) is 32.3 Å². The molecule has 0 saturated carbocycles. The van der Waals surface area contributed by atoms with Crippen molar-refractivity contribution in [2.75, 3.05) is 36.0 Å². The third kappa shape index (κ3) is 5.01. The van der Waals surface area contributed by atoms with Crippen LogP contribution in [0.25, 0.3) is 21.8 Å². The summed E-state index contributed by atoms with van der Waals surface area (Å²) in [7, 11) is 0. The molecule has 0 bridgehead atoms. The first kappa shape index (κ1) is 24.8. The average molecular weight is 501 g/mol. The van der Waals surface area contributed by atoms with E-state index in [2.05, 4.69) is 72.2 Å². The van der Waals surface area contributed by atoms with Crippen molar-refractivity contribution in [2.45, 2.75) is 58.8 Å². The van der Waals surface area contributed by atoms with Gasteiger partial charge in [0.05, 0.1) is 11.0 Å². The van der Waals surface area contributed by atoms with E-state index >= 15 is 0 Å². The van der Waals surface area contributed by atoms with Gasteiger partial charge in [0.1, 0.15) is 11.6 Å². The van der Waals surface area contributed by atoms with Crippen molar-refractivity contribution in [3.63, 3.8) is 0 Å². The number of aromatic nitrogens is 2. The van der Waals surface area contributed by atoms with Gasteiger partial charge in [-0.15, -0.1) is 12.4 Å². The fourth-order valence-electron chi connectivity index (χ4n) is 5.87. The van der Waals surface area contributed by atoms with E-state index in [-0.39, 0.29) is 12.4 Å². The Morgan fingerprint density at radius 1 is 0.583 bits per heavy atom. The predicted octanol–water partition coefficient (Wildman–Crippen LogP) is 7.39. The van der Waals surface area contributed by atoms with Gasteiger partial charge in [0, 0.05) is 37.0 Å². The number of benzene rings is 2. The van der Waals surface area contributed by atoms with Crippen LogP contribution < -0.4 is 9.80 Å². The largest absolute Gasteiger partial charge is 0.357 e. The van der Waals surface area contributed by atoms with Crippen LogP contribution in [-0.2, 0) is 6.42 Å². The Labute approximate surface area is 221 Å². The van der Waals surface area contributed by atoms with Crippen LogP contribution >= 0.6 is 12.4 Å². The predicted molar refractivity (Wildman–Crippen MR) is 155 cm³/mol. The van der Waals surface area contributed by atoms with Gasteiger partial charge in [-0.05, 0) is 117 Å². The van der Waals surface area contributed by atoms with Crippen LogP contribution in [0.15, 0.2) is 48.5 Å². The molecule has 2 aliphatic rings. The van der Waals surface area contributed by atoms with E-state index in [0.717, 1.165) is 55.3 Å². The number of piperidine rings is 2. The zero-order valence-electron chi connectivity index (χ0n) is 21.6. The van der Waals surface area contributed by atoms with Gasteiger partial charge in [0.25, 0.3) is 0 Å². The SMILES string of the molecule is Cc1cc(N2CCCCC2)nc2ccc(Cc3ccc4nc(N5CCCCC5)cc(C)c4c3)cc12.Cl. The van der Waals surface area contributed by atoms with Crippen LogP contribution in [0.2, 0.25) is 0 Å². The molecule has 2 aromatic heterocycles. The molecule has 2 aromatic carbocycles. The van der Waals surface area contributed by atoms with Crippen LogP contribution in [0, 0.1) is 13.8 Å². The summed E-state index contributed by atoms with van der Waals surface area (Å²) in [6.45, 7) is 8.98. The summed E-state index contributed by atoms with van der Waals surface area (Å²) < 4.78 is 0. The van der Waals surface area contributed by atoms with Crippen LogP contribution in [0.4, 0.5) is 11.6 Å². The Bertz CT molecular complexity index is 1270. The number of hydrogen-bond acceptors (Lipinski definition) is 4. The Kier molecular flexibility index (Phi) is 7.34. The first-order valence-corrected chi connectivity index (χ1v) is 13.4. The standard InChI is InChI=1S/C31H36N4.ClH/c1-22-17-30(34-13-5-3-6-14-34)32-28-11-9-24(20-26(22)28)19-25-10-12-29-27(21-25)23(2)18-31(33-29)35-15-7-4-8-16-35;/h9-12,17-18,20-21H,3-8,13-16,19H2,1-2H3;1H. The number of nitrogens with zero attached hydrogens (tertiary/aromatic N) is 4. The van der Waals surface area contributed by atoms with Crippen LogP contribution in [-0.4, -0.2) is 36.1 Å². The number of halogens is 1. The average Bonchev–Trinajstić information content (AvgIpc) is 2.90. The van der Waals surface area contributed by atoms with Crippen molar-refractivity contribution in [2.24, 2.45) is 0 Å². The highest BCUT2D eigenvalue weighted by molar-refractivity contribution is 5.86. The van der Waals surface area contributed by atoms with E-state index < -0.39 is 0 Å². The smallest absolute Gasteiger partial charge is 0.129 e. The maximum absolute atomic E-state index is 5.02. The highest BCUT2D eigenvalue weighted by atomic mass is 35.5. The van der Waals surface area contributed by atoms with Gasteiger partial charge in [-0.1, -0.05) is 12.1 Å². The van der Waals surface area contributed by atoms with Crippen LogP contribution in [0.1, 0.15) is 60.8 Å². The van der Waals surface area contributed by atoms with E-state index in [1.165, 1.54) is 71.6 Å². The molecule has 0 spiro atoms. The molecule has 0 unspecified atom stereocenters. The Hall–Kier alpha value is -2.85. The second-order valence-corrected chi connectivity index (χ2v) is 10.6. The Morgan fingerprint density at radius 2 is 1.00 bits per heavy atom. The van der Waals surface area contributed by atoms with Crippen molar-refractivity contribution in [3.8, 4) is 0 Å². The summed E-state index contributed by atoms with van der Waals surface area (Å²) >= 11 is 0. The molecule has 6 rings (SSSR count). The summed E-state index contributed by atoms with van der Waals surface area (Å²) in [5.41, 5.74) is 7.53. The lowest BCUT2D eigenvalue weighted by Gasteiger charge is -2.28. The molecular weight excluding hydrogens is 464 g/mol. The highest BCUT2D eigenvalue weighted by Gasteiger charge is 2.15. The molecule has 4 heterocycles. The second-order valence-electron chi connectivity index (χ2n) is 10.6.